The van der Waals surface area contributed by atoms with E-state index in [1.807, 2.05) is 0 Å². The molecule has 9 heteroatoms. The maximum atomic E-state index is 11.4. The lowest BCUT2D eigenvalue weighted by Gasteiger charge is -2.07. The highest BCUT2D eigenvalue weighted by Gasteiger charge is 2.19. The molecule has 1 N–H and O–H groups in total. The summed E-state index contributed by atoms with van der Waals surface area (Å²) in [6.07, 6.45) is 2.49. The molecule has 0 saturated heterocycles. The summed E-state index contributed by atoms with van der Waals surface area (Å²) in [6.45, 7) is 0.324. The molecule has 8 nitrogen and oxygen atoms in total. The molecule has 0 aliphatic heterocycles. The normalized spacial score (nSPS) is 11.3. The zero-order chi connectivity index (χ0) is 15.6. The van der Waals surface area contributed by atoms with Crippen LogP contribution in [0.4, 0.5) is 11.6 Å². The summed E-state index contributed by atoms with van der Waals surface area (Å²) in [4.78, 5) is 14.2. The first-order valence-electron chi connectivity index (χ1n) is 5.97. The Labute approximate surface area is 121 Å². The van der Waals surface area contributed by atoms with Crippen molar-refractivity contribution in [2.24, 2.45) is 7.05 Å². The lowest BCUT2D eigenvalue weighted by atomic mass is 10.2. The van der Waals surface area contributed by atoms with Gasteiger partial charge in [-0.15, -0.1) is 0 Å². The Morgan fingerprint density at radius 3 is 2.48 bits per heavy atom. The second kappa shape index (κ2) is 5.52. The molecule has 0 fully saturated rings. The van der Waals surface area contributed by atoms with E-state index in [0.29, 0.717) is 12.4 Å². The smallest absolute Gasteiger partial charge is 0.360 e. The van der Waals surface area contributed by atoms with Crippen LogP contribution >= 0.6 is 0 Å². The summed E-state index contributed by atoms with van der Waals surface area (Å²) in [6, 6.07) is 6.32. The second-order valence-electron chi connectivity index (χ2n) is 4.55. The van der Waals surface area contributed by atoms with Crippen molar-refractivity contribution in [1.29, 1.82) is 0 Å². The molecule has 112 valence electrons. The van der Waals surface area contributed by atoms with Crippen LogP contribution in [-0.2, 0) is 23.4 Å². The lowest BCUT2D eigenvalue weighted by Crippen LogP contribution is -2.06. The molecule has 1 aromatic carbocycles. The topological polar surface area (TPSA) is 107 Å². The molecule has 0 unspecified atom stereocenters. The van der Waals surface area contributed by atoms with Crippen LogP contribution in [0, 0.1) is 10.1 Å². The first-order valence-corrected chi connectivity index (χ1v) is 7.87. The minimum atomic E-state index is -3.23. The van der Waals surface area contributed by atoms with Crippen molar-refractivity contribution in [1.82, 2.24) is 9.55 Å². The largest absolute Gasteiger partial charge is 0.406 e. The Morgan fingerprint density at radius 1 is 1.33 bits per heavy atom. The van der Waals surface area contributed by atoms with Crippen LogP contribution in [-0.4, -0.2) is 29.1 Å². The van der Waals surface area contributed by atoms with E-state index in [9.17, 15) is 18.5 Å². The van der Waals surface area contributed by atoms with Crippen LogP contribution in [0.1, 0.15) is 5.56 Å². The van der Waals surface area contributed by atoms with Crippen molar-refractivity contribution >= 4 is 21.5 Å². The van der Waals surface area contributed by atoms with Crippen molar-refractivity contribution in [2.45, 2.75) is 11.4 Å². The van der Waals surface area contributed by atoms with Gasteiger partial charge in [0.2, 0.25) is 12.1 Å². The number of nitrogens with zero attached hydrogens (tertiary/aromatic N) is 3. The van der Waals surface area contributed by atoms with E-state index >= 15 is 0 Å². The van der Waals surface area contributed by atoms with Gasteiger partial charge in [-0.2, -0.15) is 0 Å². The number of benzene rings is 1. The van der Waals surface area contributed by atoms with Crippen molar-refractivity contribution in [2.75, 3.05) is 11.6 Å². The van der Waals surface area contributed by atoms with Gasteiger partial charge in [-0.3, -0.25) is 4.57 Å². The van der Waals surface area contributed by atoms with Crippen molar-refractivity contribution < 1.29 is 13.3 Å². The average molecular weight is 310 g/mol. The summed E-state index contributed by atoms with van der Waals surface area (Å²) in [5.41, 5.74) is 0.804. The molecule has 1 heterocycles. The van der Waals surface area contributed by atoms with Gasteiger partial charge in [0.1, 0.15) is 0 Å². The molecule has 0 amide bonds. The Kier molecular flexibility index (Phi) is 3.94. The monoisotopic (exact) mass is 310 g/mol. The van der Waals surface area contributed by atoms with Gasteiger partial charge in [0.15, 0.2) is 9.84 Å². The third-order valence-corrected chi connectivity index (χ3v) is 4.03. The molecule has 0 aliphatic carbocycles. The fourth-order valence-corrected chi connectivity index (χ4v) is 2.43. The summed E-state index contributed by atoms with van der Waals surface area (Å²) >= 11 is 0. The number of nitro groups is 1. The minimum absolute atomic E-state index is 0.234. The van der Waals surface area contributed by atoms with Crippen LogP contribution in [0.3, 0.4) is 0 Å². The molecular weight excluding hydrogens is 296 g/mol. The first kappa shape index (κ1) is 15.0. The van der Waals surface area contributed by atoms with Gasteiger partial charge >= 0.3 is 5.82 Å². The highest BCUT2D eigenvalue weighted by molar-refractivity contribution is 7.90. The molecular formula is C12H14N4O4S. The van der Waals surface area contributed by atoms with Crippen molar-refractivity contribution in [3.05, 3.63) is 46.3 Å². The fraction of sp³-hybridized carbons (Fsp3) is 0.250. The second-order valence-corrected chi connectivity index (χ2v) is 6.57. The van der Waals surface area contributed by atoms with Gasteiger partial charge < -0.3 is 15.4 Å². The van der Waals surface area contributed by atoms with Gasteiger partial charge in [-0.1, -0.05) is 12.1 Å². The number of aromatic nitrogens is 2. The molecule has 0 saturated carbocycles. The molecule has 2 rings (SSSR count). The number of sulfone groups is 1. The van der Waals surface area contributed by atoms with Crippen LogP contribution in [0.5, 0.6) is 0 Å². The number of imidazole rings is 1. The summed E-state index contributed by atoms with van der Waals surface area (Å²) < 4.78 is 24.2. The zero-order valence-corrected chi connectivity index (χ0v) is 12.3. The highest BCUT2D eigenvalue weighted by atomic mass is 32.2. The summed E-state index contributed by atoms with van der Waals surface area (Å²) in [7, 11) is -1.58. The van der Waals surface area contributed by atoms with E-state index < -0.39 is 14.8 Å². The predicted molar refractivity (Wildman–Crippen MR) is 76.7 cm³/mol. The quantitative estimate of drug-likeness (QED) is 0.659. The molecule has 0 bridgehead atoms. The zero-order valence-electron chi connectivity index (χ0n) is 11.5. The first-order chi connectivity index (χ1) is 9.79. The Balaban J connectivity index is 2.14. The molecule has 0 radical (unpaired) electrons. The molecule has 21 heavy (non-hydrogen) atoms. The third kappa shape index (κ3) is 3.37. The van der Waals surface area contributed by atoms with E-state index in [-0.39, 0.29) is 10.7 Å². The molecule has 0 spiro atoms. The van der Waals surface area contributed by atoms with Gasteiger partial charge in [0, 0.05) is 19.8 Å². The highest BCUT2D eigenvalue weighted by Crippen LogP contribution is 2.22. The van der Waals surface area contributed by atoms with E-state index in [0.717, 1.165) is 11.8 Å². The molecule has 0 aliphatic rings. The number of aryl methyl sites for hydroxylation is 1. The Hall–Kier alpha value is -2.42. The predicted octanol–water partition coefficient (Wildman–Crippen LogP) is 1.34. The van der Waals surface area contributed by atoms with Crippen molar-refractivity contribution in [3.8, 4) is 0 Å². The van der Waals surface area contributed by atoms with Gasteiger partial charge in [-0.05, 0) is 27.6 Å². The maximum Gasteiger partial charge on any atom is 0.406 e. The van der Waals surface area contributed by atoms with E-state index in [1.165, 1.54) is 23.0 Å². The molecule has 2 aromatic rings. The average Bonchev–Trinajstić information content (AvgIpc) is 2.77. The number of hydrogen-bond donors (Lipinski definition) is 1. The van der Waals surface area contributed by atoms with Gasteiger partial charge in [0.25, 0.3) is 0 Å². The third-order valence-electron chi connectivity index (χ3n) is 2.90. The van der Waals surface area contributed by atoms with Crippen LogP contribution in [0.25, 0.3) is 0 Å². The van der Waals surface area contributed by atoms with E-state index in [4.69, 9.17) is 0 Å². The lowest BCUT2D eigenvalue weighted by molar-refractivity contribution is -0.388. The molecule has 0 atom stereocenters. The van der Waals surface area contributed by atoms with Crippen LogP contribution < -0.4 is 5.32 Å². The molecule has 1 aromatic heterocycles. The standard InChI is InChI=1S/C12H14N4O4S/c1-15-8-14-12(16(17)18)11(15)13-7-9-3-5-10(6-4-9)21(2,19)20/h3-6,8,13H,7H2,1-2H3. The van der Waals surface area contributed by atoms with E-state index in [1.54, 1.807) is 19.2 Å². The SMILES string of the molecule is Cn1cnc([N+](=O)[O-])c1NCc1ccc(S(C)(=O)=O)cc1. The maximum absolute atomic E-state index is 11.4. The number of hydrogen-bond acceptors (Lipinski definition) is 6. The number of rotatable bonds is 5. The number of anilines is 1. The van der Waals surface area contributed by atoms with E-state index in [2.05, 4.69) is 10.3 Å². The van der Waals surface area contributed by atoms with Crippen LogP contribution in [0.15, 0.2) is 35.5 Å². The Bertz CT molecular complexity index is 765. The van der Waals surface area contributed by atoms with Crippen LogP contribution in [0.2, 0.25) is 0 Å². The number of nitrogens with one attached hydrogen (secondary N) is 1. The minimum Gasteiger partial charge on any atom is -0.360 e. The van der Waals surface area contributed by atoms with Crippen molar-refractivity contribution in [3.63, 3.8) is 0 Å². The Morgan fingerprint density at radius 2 is 1.95 bits per heavy atom. The fourth-order valence-electron chi connectivity index (χ4n) is 1.80. The van der Waals surface area contributed by atoms with Gasteiger partial charge in [0.05, 0.1) is 4.90 Å². The van der Waals surface area contributed by atoms with Gasteiger partial charge in [-0.25, -0.2) is 8.42 Å². The summed E-state index contributed by atoms with van der Waals surface area (Å²) in [5, 5.41) is 13.8. The summed E-state index contributed by atoms with van der Waals surface area (Å²) in [5.74, 6) is 0.0532.